The molecule has 3 rings (SSSR count). The number of carbonyl (C=O) groups excluding carboxylic acids is 1. The Morgan fingerprint density at radius 1 is 0.330 bits per heavy atom. The number of hydrogen-bond acceptors (Lipinski definition) is 18. The van der Waals surface area contributed by atoms with Gasteiger partial charge in [-0.25, -0.2) is 0 Å². The molecular weight excluding hydrogens is 1420 g/mol. The molecule has 0 bridgehead atoms. The third kappa shape index (κ3) is 48.6. The van der Waals surface area contributed by atoms with Crippen molar-refractivity contribution in [3.63, 3.8) is 0 Å². The van der Waals surface area contributed by atoms with Crippen LogP contribution in [0.5, 0.6) is 0 Å². The standard InChI is InChI=1S/C93H153NO18/c1-3-5-7-9-11-13-15-17-19-21-23-25-27-29-31-33-34-35-36-37-38-39-40-41-42-43-45-47-49-51-53-55-57-59-61-63-65-67-69-71-81(99)94-76(77(98)70-68-66-64-62-60-58-56-54-52-50-48-46-44-32-30-28-26-24-22-20-18-16-14-12-10-8-6-4-2)75-107-91-87(105)84(102)89(79(73-96)109-91)112-93-88(106)85(103)90(80(74-97)110-93)111-92-86(104)83(101)82(100)78(72-95)108-92/h5,7,11,13,17,19,23,25,29,31,34-35,37-38,40-41,43,45,49,51-52,54-55,57,60,62,68,70,76-80,82-93,95-98,100-106H,3-4,6,8-10,12,14-16,18,20-22,24,26-28,30,32-33,36,39,42,44,46-48,50,53,56,58-59,61,63-67,69,71-75H2,1-2H3,(H,94,99)/b7-5-,13-11-,19-17-,25-23-,31-29-,35-34-,38-37-,41-40-,45-43-,51-49-,54-52+,57-55-,62-60+,70-68+. The van der Waals surface area contributed by atoms with E-state index in [4.69, 9.17) is 28.4 Å². The predicted octanol–water partition coefficient (Wildman–Crippen LogP) is 16.1. The Morgan fingerprint density at radius 3 is 1.00 bits per heavy atom. The van der Waals surface area contributed by atoms with Crippen molar-refractivity contribution in [2.75, 3.05) is 26.4 Å². The van der Waals surface area contributed by atoms with Crippen LogP contribution in [-0.4, -0.2) is 193 Å². The highest BCUT2D eigenvalue weighted by molar-refractivity contribution is 5.76. The Bertz CT molecular complexity index is 2690. The topological polar surface area (TPSA) is 307 Å². The van der Waals surface area contributed by atoms with Crippen molar-refractivity contribution in [2.24, 2.45) is 0 Å². The summed E-state index contributed by atoms with van der Waals surface area (Å²) in [7, 11) is 0. The second kappa shape index (κ2) is 70.4. The van der Waals surface area contributed by atoms with Gasteiger partial charge in [-0.3, -0.25) is 4.79 Å². The molecule has 17 unspecified atom stereocenters. The van der Waals surface area contributed by atoms with Crippen molar-refractivity contribution in [1.29, 1.82) is 0 Å². The Balaban J connectivity index is 1.38. The van der Waals surface area contributed by atoms with Gasteiger partial charge in [0.1, 0.15) is 73.2 Å². The second-order valence-electron chi connectivity index (χ2n) is 29.9. The van der Waals surface area contributed by atoms with Gasteiger partial charge in [0.2, 0.25) is 5.91 Å². The molecule has 0 radical (unpaired) electrons. The number of ether oxygens (including phenoxy) is 6. The van der Waals surface area contributed by atoms with Gasteiger partial charge in [0.25, 0.3) is 0 Å². The van der Waals surface area contributed by atoms with Crippen LogP contribution in [0.4, 0.5) is 0 Å². The van der Waals surface area contributed by atoms with E-state index in [0.717, 1.165) is 128 Å². The third-order valence-electron chi connectivity index (χ3n) is 20.2. The van der Waals surface area contributed by atoms with Gasteiger partial charge >= 0.3 is 0 Å². The Kier molecular flexibility index (Phi) is 63.7. The highest BCUT2D eigenvalue weighted by atomic mass is 16.8. The Morgan fingerprint density at radius 2 is 0.625 bits per heavy atom. The molecule has 17 atom stereocenters. The molecule has 1 amide bonds. The number of rotatable bonds is 67. The van der Waals surface area contributed by atoms with E-state index in [-0.39, 0.29) is 12.3 Å². The van der Waals surface area contributed by atoms with Crippen LogP contribution in [0.1, 0.15) is 277 Å². The molecule has 638 valence electrons. The maximum Gasteiger partial charge on any atom is 0.220 e. The van der Waals surface area contributed by atoms with Gasteiger partial charge in [-0.05, 0) is 128 Å². The molecule has 12 N–H and O–H groups in total. The lowest BCUT2D eigenvalue weighted by Gasteiger charge is -2.48. The van der Waals surface area contributed by atoms with Gasteiger partial charge in [0, 0.05) is 6.42 Å². The van der Waals surface area contributed by atoms with Gasteiger partial charge in [-0.2, -0.15) is 0 Å². The van der Waals surface area contributed by atoms with E-state index in [1.807, 2.05) is 6.08 Å². The fourth-order valence-corrected chi connectivity index (χ4v) is 13.3. The van der Waals surface area contributed by atoms with Crippen LogP contribution >= 0.6 is 0 Å². The number of aliphatic hydroxyl groups is 11. The normalized spacial score (nSPS) is 25.8. The van der Waals surface area contributed by atoms with E-state index in [9.17, 15) is 61.0 Å². The smallest absolute Gasteiger partial charge is 0.220 e. The van der Waals surface area contributed by atoms with Gasteiger partial charge < -0.3 is 89.9 Å². The fourth-order valence-electron chi connectivity index (χ4n) is 13.3. The first-order valence-electron chi connectivity index (χ1n) is 43.4. The second-order valence-corrected chi connectivity index (χ2v) is 29.9. The molecule has 3 saturated heterocycles. The number of amides is 1. The van der Waals surface area contributed by atoms with Crippen LogP contribution in [0.3, 0.4) is 0 Å². The van der Waals surface area contributed by atoms with Crippen molar-refractivity contribution in [1.82, 2.24) is 5.32 Å². The van der Waals surface area contributed by atoms with E-state index >= 15 is 0 Å². The Labute approximate surface area is 675 Å². The average molecular weight is 1570 g/mol. The molecule has 0 aliphatic carbocycles. The summed E-state index contributed by atoms with van der Waals surface area (Å²) in [5, 5.41) is 121. The first kappa shape index (κ1) is 101. The molecule has 3 aliphatic rings. The fraction of sp³-hybridized carbons (Fsp3) is 0.688. The van der Waals surface area contributed by atoms with Crippen LogP contribution in [0.2, 0.25) is 0 Å². The summed E-state index contributed by atoms with van der Waals surface area (Å²) in [5.41, 5.74) is 0. The monoisotopic (exact) mass is 1570 g/mol. The van der Waals surface area contributed by atoms with Crippen LogP contribution in [0.15, 0.2) is 170 Å². The number of carbonyl (C=O) groups is 1. The zero-order valence-electron chi connectivity index (χ0n) is 68.6. The van der Waals surface area contributed by atoms with Gasteiger partial charge in [0.15, 0.2) is 18.9 Å². The van der Waals surface area contributed by atoms with E-state index in [0.29, 0.717) is 12.8 Å². The zero-order chi connectivity index (χ0) is 81.0. The average Bonchev–Trinajstić information content (AvgIpc) is 0.780. The minimum Gasteiger partial charge on any atom is -0.394 e. The van der Waals surface area contributed by atoms with Crippen molar-refractivity contribution in [2.45, 2.75) is 381 Å². The molecule has 0 aromatic rings. The summed E-state index contributed by atoms with van der Waals surface area (Å²) in [4.78, 5) is 13.5. The lowest BCUT2D eigenvalue weighted by molar-refractivity contribution is -0.379. The third-order valence-corrected chi connectivity index (χ3v) is 20.2. The SMILES string of the molecule is CC/C=C\C/C=C\C/C=C\C/C=C\C/C=C\C/C=C\C/C=C\C/C=C\C/C=C\C/C=C\C/C=C\CCCCCCCC(=O)NC(COC1OC(CO)C(OC2OC(CO)C(OC3OC(CO)C(O)C(O)C3O)C(O)C2O)C(O)C1O)C(O)/C=C/CC/C=C/CC/C=C/CCCCCCCCCCCCCCCCCCCC. The van der Waals surface area contributed by atoms with Crippen molar-refractivity contribution in [3.05, 3.63) is 170 Å². The van der Waals surface area contributed by atoms with Crippen LogP contribution in [-0.2, 0) is 33.2 Å². The first-order valence-corrected chi connectivity index (χ1v) is 43.4. The van der Waals surface area contributed by atoms with Crippen LogP contribution < -0.4 is 5.32 Å². The Hall–Kier alpha value is -4.85. The summed E-state index contributed by atoms with van der Waals surface area (Å²) >= 11 is 0. The van der Waals surface area contributed by atoms with Crippen molar-refractivity contribution in [3.8, 4) is 0 Å². The first-order chi connectivity index (χ1) is 54.8. The lowest BCUT2D eigenvalue weighted by Crippen LogP contribution is -2.66. The molecule has 3 fully saturated rings. The lowest BCUT2D eigenvalue weighted by atomic mass is 9.96. The van der Waals surface area contributed by atoms with Crippen LogP contribution in [0.25, 0.3) is 0 Å². The zero-order valence-corrected chi connectivity index (χ0v) is 68.6. The summed E-state index contributed by atoms with van der Waals surface area (Å²) < 4.78 is 34.4. The van der Waals surface area contributed by atoms with Crippen molar-refractivity contribution >= 4 is 5.91 Å². The van der Waals surface area contributed by atoms with E-state index < -0.39 is 131 Å². The summed E-state index contributed by atoms with van der Waals surface area (Å²) in [6, 6.07) is -1.02. The number of hydrogen-bond donors (Lipinski definition) is 12. The molecule has 0 aromatic heterocycles. The number of unbranched alkanes of at least 4 members (excludes halogenated alkanes) is 25. The molecule has 112 heavy (non-hydrogen) atoms. The number of allylic oxidation sites excluding steroid dienone is 27. The molecule has 0 saturated carbocycles. The highest BCUT2D eigenvalue weighted by Crippen LogP contribution is 2.33. The molecule has 19 nitrogen and oxygen atoms in total. The van der Waals surface area contributed by atoms with Gasteiger partial charge in [-0.1, -0.05) is 312 Å². The van der Waals surface area contributed by atoms with Crippen LogP contribution in [0, 0.1) is 0 Å². The van der Waals surface area contributed by atoms with E-state index in [2.05, 4.69) is 177 Å². The van der Waals surface area contributed by atoms with E-state index in [1.165, 1.54) is 116 Å². The highest BCUT2D eigenvalue weighted by Gasteiger charge is 2.54. The van der Waals surface area contributed by atoms with Gasteiger partial charge in [0.05, 0.1) is 38.6 Å². The molecule has 3 heterocycles. The van der Waals surface area contributed by atoms with Crippen molar-refractivity contribution < 1.29 is 89.4 Å². The molecule has 3 aliphatic heterocycles. The predicted molar refractivity (Wildman–Crippen MR) is 452 cm³/mol. The van der Waals surface area contributed by atoms with E-state index in [1.54, 1.807) is 6.08 Å². The minimum atomic E-state index is -1.99. The number of nitrogens with one attached hydrogen (secondary N) is 1. The quantitative estimate of drug-likeness (QED) is 0.0199. The largest absolute Gasteiger partial charge is 0.394 e. The minimum absolute atomic E-state index is 0.198. The molecule has 19 heteroatoms. The molecule has 0 aromatic carbocycles. The number of aliphatic hydroxyl groups excluding tert-OH is 11. The maximum atomic E-state index is 13.5. The summed E-state index contributed by atoms with van der Waals surface area (Å²) in [5.74, 6) is -0.314. The molecule has 0 spiro atoms. The summed E-state index contributed by atoms with van der Waals surface area (Å²) in [6.45, 7) is 1.59. The maximum absolute atomic E-state index is 13.5. The summed E-state index contributed by atoms with van der Waals surface area (Å²) in [6.07, 6.45) is 79.1. The van der Waals surface area contributed by atoms with Gasteiger partial charge in [-0.15, -0.1) is 0 Å². The molecular formula is C93H153NO18.